The molecule has 5 nitrogen and oxygen atoms in total. The molecule has 3 rings (SSSR count). The molecule has 1 unspecified atom stereocenters. The van der Waals surface area contributed by atoms with Gasteiger partial charge in [0.2, 0.25) is 5.91 Å². The Balaban J connectivity index is 1.50. The Morgan fingerprint density at radius 2 is 1.86 bits per heavy atom. The molecule has 2 N–H and O–H groups in total. The summed E-state index contributed by atoms with van der Waals surface area (Å²) in [6, 6.07) is 14.2. The van der Waals surface area contributed by atoms with Gasteiger partial charge < -0.3 is 15.5 Å². The van der Waals surface area contributed by atoms with E-state index >= 15 is 0 Å². The molecule has 0 aliphatic carbocycles. The van der Waals surface area contributed by atoms with E-state index in [9.17, 15) is 9.59 Å². The first-order valence-electron chi connectivity index (χ1n) is 9.39. The third kappa shape index (κ3) is 5.18. The second kappa shape index (κ2) is 9.80. The van der Waals surface area contributed by atoms with Crippen LogP contribution in [0, 0.1) is 0 Å². The summed E-state index contributed by atoms with van der Waals surface area (Å²) in [5, 5.41) is 7.03. The molecule has 0 spiro atoms. The Labute approximate surface area is 175 Å². The molecule has 0 radical (unpaired) electrons. The van der Waals surface area contributed by atoms with Crippen LogP contribution in [0.2, 0.25) is 10.0 Å². The van der Waals surface area contributed by atoms with Crippen LogP contribution < -0.4 is 10.6 Å². The minimum Gasteiger partial charge on any atom is -0.385 e. The first kappa shape index (κ1) is 20.5. The maximum Gasteiger partial charge on any atom is 0.256 e. The fourth-order valence-corrected chi connectivity index (χ4v) is 3.68. The van der Waals surface area contributed by atoms with Crippen LogP contribution in [-0.4, -0.2) is 42.4 Å². The van der Waals surface area contributed by atoms with E-state index in [-0.39, 0.29) is 11.8 Å². The monoisotopic (exact) mass is 419 g/mol. The maximum absolute atomic E-state index is 12.9. The number of halogens is 2. The van der Waals surface area contributed by atoms with Crippen LogP contribution in [0.5, 0.6) is 0 Å². The number of anilines is 1. The summed E-state index contributed by atoms with van der Waals surface area (Å²) in [5.41, 5.74) is 1.39. The molecule has 2 aromatic carbocycles. The molecule has 1 aliphatic heterocycles. The van der Waals surface area contributed by atoms with Gasteiger partial charge in [0.15, 0.2) is 0 Å². The molecule has 0 saturated carbocycles. The summed E-state index contributed by atoms with van der Waals surface area (Å²) in [7, 11) is 0. The number of nitrogens with zero attached hydrogens (tertiary/aromatic N) is 1. The zero-order valence-corrected chi connectivity index (χ0v) is 17.0. The Bertz CT molecular complexity index is 830. The van der Waals surface area contributed by atoms with E-state index in [2.05, 4.69) is 10.6 Å². The number of carbonyl (C=O) groups excluding carboxylic acids is 2. The smallest absolute Gasteiger partial charge is 0.256 e. The molecule has 2 aromatic rings. The first-order chi connectivity index (χ1) is 13.6. The van der Waals surface area contributed by atoms with Crippen LogP contribution in [-0.2, 0) is 4.79 Å². The van der Waals surface area contributed by atoms with Crippen LogP contribution in [0.15, 0.2) is 48.5 Å². The lowest BCUT2D eigenvalue weighted by atomic mass is 10.1. The second-order valence-electron chi connectivity index (χ2n) is 6.72. The van der Waals surface area contributed by atoms with Crippen molar-refractivity contribution in [1.82, 2.24) is 10.2 Å². The SMILES string of the molecule is O=C(NCCCNc1ccccc1)C1CCCN1C(=O)c1cc(Cl)ccc1Cl. The van der Waals surface area contributed by atoms with E-state index in [0.717, 1.165) is 25.1 Å². The van der Waals surface area contributed by atoms with Crippen molar-refractivity contribution in [2.45, 2.75) is 25.3 Å². The van der Waals surface area contributed by atoms with Crippen LogP contribution >= 0.6 is 23.2 Å². The van der Waals surface area contributed by atoms with Crippen molar-refractivity contribution in [3.63, 3.8) is 0 Å². The number of rotatable bonds is 7. The molecule has 1 saturated heterocycles. The number of hydrogen-bond donors (Lipinski definition) is 2. The number of benzene rings is 2. The van der Waals surface area contributed by atoms with E-state index in [1.54, 1.807) is 23.1 Å². The third-order valence-corrected chi connectivity index (χ3v) is 5.30. The van der Waals surface area contributed by atoms with E-state index in [4.69, 9.17) is 23.2 Å². The van der Waals surface area contributed by atoms with Crippen LogP contribution in [0.1, 0.15) is 29.6 Å². The highest BCUT2D eigenvalue weighted by Gasteiger charge is 2.35. The Morgan fingerprint density at radius 3 is 2.64 bits per heavy atom. The third-order valence-electron chi connectivity index (χ3n) is 4.73. The van der Waals surface area contributed by atoms with Crippen molar-refractivity contribution < 1.29 is 9.59 Å². The minimum absolute atomic E-state index is 0.122. The van der Waals surface area contributed by atoms with E-state index < -0.39 is 6.04 Å². The molecule has 1 heterocycles. The molecule has 28 heavy (non-hydrogen) atoms. The number of carbonyl (C=O) groups is 2. The molecule has 0 aromatic heterocycles. The lowest BCUT2D eigenvalue weighted by Crippen LogP contribution is -2.46. The lowest BCUT2D eigenvalue weighted by molar-refractivity contribution is -0.124. The summed E-state index contributed by atoms with van der Waals surface area (Å²) in [6.07, 6.45) is 2.23. The van der Waals surface area contributed by atoms with Gasteiger partial charge in [0, 0.05) is 30.3 Å². The predicted octanol–water partition coefficient (Wildman–Crippen LogP) is 4.22. The van der Waals surface area contributed by atoms with Crippen molar-refractivity contribution in [2.24, 2.45) is 0 Å². The average molecular weight is 420 g/mol. The molecule has 1 fully saturated rings. The largest absolute Gasteiger partial charge is 0.385 e. The van der Waals surface area contributed by atoms with Crippen molar-refractivity contribution in [3.8, 4) is 0 Å². The highest BCUT2D eigenvalue weighted by Crippen LogP contribution is 2.26. The fourth-order valence-electron chi connectivity index (χ4n) is 3.30. The maximum atomic E-state index is 12.9. The number of likely N-dealkylation sites (tertiary alicyclic amines) is 1. The van der Waals surface area contributed by atoms with Crippen LogP contribution in [0.4, 0.5) is 5.69 Å². The van der Waals surface area contributed by atoms with Gasteiger partial charge in [-0.3, -0.25) is 9.59 Å². The van der Waals surface area contributed by atoms with Gasteiger partial charge in [0.25, 0.3) is 5.91 Å². The molecule has 2 amide bonds. The predicted molar refractivity (Wildman–Crippen MR) is 113 cm³/mol. The van der Waals surface area contributed by atoms with Gasteiger partial charge in [-0.15, -0.1) is 0 Å². The first-order valence-corrected chi connectivity index (χ1v) is 10.1. The molecule has 7 heteroatoms. The molecule has 1 aliphatic rings. The molecule has 148 valence electrons. The lowest BCUT2D eigenvalue weighted by Gasteiger charge is -2.24. The van der Waals surface area contributed by atoms with Gasteiger partial charge in [-0.25, -0.2) is 0 Å². The summed E-state index contributed by atoms with van der Waals surface area (Å²) >= 11 is 12.1. The van der Waals surface area contributed by atoms with Crippen LogP contribution in [0.3, 0.4) is 0 Å². The van der Waals surface area contributed by atoms with Gasteiger partial charge >= 0.3 is 0 Å². The standard InChI is InChI=1S/C21H23Cl2N3O2/c22-15-9-10-18(23)17(14-15)21(28)26-13-4-8-19(26)20(27)25-12-5-11-24-16-6-2-1-3-7-16/h1-3,6-7,9-10,14,19,24H,4-5,8,11-13H2,(H,25,27). The van der Waals surface area contributed by atoms with E-state index in [1.165, 1.54) is 0 Å². The van der Waals surface area contributed by atoms with Gasteiger partial charge in [0.1, 0.15) is 6.04 Å². The minimum atomic E-state index is -0.468. The van der Waals surface area contributed by atoms with Crippen LogP contribution in [0.25, 0.3) is 0 Å². The summed E-state index contributed by atoms with van der Waals surface area (Å²) in [5.74, 6) is -0.375. The van der Waals surface area contributed by atoms with Crippen molar-refractivity contribution >= 4 is 40.7 Å². The number of para-hydroxylation sites is 1. The zero-order valence-electron chi connectivity index (χ0n) is 15.5. The van der Waals surface area contributed by atoms with Gasteiger partial charge in [0.05, 0.1) is 10.6 Å². The molecule has 1 atom stereocenters. The molecular weight excluding hydrogens is 397 g/mol. The van der Waals surface area contributed by atoms with Gasteiger partial charge in [-0.05, 0) is 49.6 Å². The van der Waals surface area contributed by atoms with E-state index in [1.807, 2.05) is 30.3 Å². The molecule has 0 bridgehead atoms. The van der Waals surface area contributed by atoms with E-state index in [0.29, 0.717) is 35.1 Å². The number of hydrogen-bond acceptors (Lipinski definition) is 3. The highest BCUT2D eigenvalue weighted by molar-refractivity contribution is 6.35. The number of nitrogens with one attached hydrogen (secondary N) is 2. The van der Waals surface area contributed by atoms with Crippen molar-refractivity contribution in [3.05, 3.63) is 64.1 Å². The Morgan fingerprint density at radius 1 is 1.07 bits per heavy atom. The Kier molecular flexibility index (Phi) is 7.18. The fraction of sp³-hybridized carbons (Fsp3) is 0.333. The van der Waals surface area contributed by atoms with Gasteiger partial charge in [-0.2, -0.15) is 0 Å². The van der Waals surface area contributed by atoms with Crippen molar-refractivity contribution in [2.75, 3.05) is 25.0 Å². The van der Waals surface area contributed by atoms with Crippen molar-refractivity contribution in [1.29, 1.82) is 0 Å². The molecular formula is C21H23Cl2N3O2. The second-order valence-corrected chi connectivity index (χ2v) is 7.56. The topological polar surface area (TPSA) is 61.4 Å². The highest BCUT2D eigenvalue weighted by atomic mass is 35.5. The van der Waals surface area contributed by atoms with Gasteiger partial charge in [-0.1, -0.05) is 41.4 Å². The normalized spacial score (nSPS) is 16.1. The summed E-state index contributed by atoms with van der Waals surface area (Å²) in [4.78, 5) is 27.0. The quantitative estimate of drug-likeness (QED) is 0.660. The summed E-state index contributed by atoms with van der Waals surface area (Å²) < 4.78 is 0. The Hall–Kier alpha value is -2.24. The average Bonchev–Trinajstić information content (AvgIpc) is 3.19. The summed E-state index contributed by atoms with van der Waals surface area (Å²) in [6.45, 7) is 1.85. The number of amides is 2. The zero-order chi connectivity index (χ0) is 19.9.